The predicted molar refractivity (Wildman–Crippen MR) is 59.6 cm³/mol. The molecule has 0 atom stereocenters. The summed E-state index contributed by atoms with van der Waals surface area (Å²) in [6, 6.07) is 3.55. The molecule has 0 radical (unpaired) electrons. The molecule has 0 heterocycles. The van der Waals surface area contributed by atoms with Crippen LogP contribution >= 0.6 is 0 Å². The molecular formula is C11H15FN2O2. The van der Waals surface area contributed by atoms with Crippen molar-refractivity contribution in [2.24, 2.45) is 5.73 Å². The summed E-state index contributed by atoms with van der Waals surface area (Å²) in [7, 11) is 0. The second kappa shape index (κ2) is 4.57. The van der Waals surface area contributed by atoms with E-state index in [9.17, 15) is 14.5 Å². The Hall–Kier alpha value is -1.49. The minimum Gasteiger partial charge on any atom is -0.326 e. The van der Waals surface area contributed by atoms with Crippen molar-refractivity contribution in [2.75, 3.05) is 0 Å². The fourth-order valence-electron chi connectivity index (χ4n) is 1.32. The van der Waals surface area contributed by atoms with Crippen molar-refractivity contribution in [3.63, 3.8) is 0 Å². The zero-order chi connectivity index (χ0) is 12.3. The molecule has 0 amide bonds. The average Bonchev–Trinajstić information content (AvgIpc) is 2.14. The number of benzene rings is 1. The Morgan fingerprint density at radius 1 is 1.50 bits per heavy atom. The normalized spacial score (nSPS) is 11.5. The molecule has 2 N–H and O–H groups in total. The zero-order valence-electron chi connectivity index (χ0n) is 9.37. The lowest BCUT2D eigenvalue weighted by molar-refractivity contribution is -0.385. The van der Waals surface area contributed by atoms with Gasteiger partial charge in [0, 0.05) is 17.7 Å². The molecule has 0 saturated heterocycles. The summed E-state index contributed by atoms with van der Waals surface area (Å²) in [4.78, 5) is 9.99. The largest absolute Gasteiger partial charge is 0.326 e. The maximum atomic E-state index is 13.3. The van der Waals surface area contributed by atoms with Crippen molar-refractivity contribution in [1.29, 1.82) is 0 Å². The molecule has 88 valence electrons. The molecule has 0 spiro atoms. The minimum atomic E-state index is -0.531. The van der Waals surface area contributed by atoms with E-state index in [1.807, 2.05) is 13.8 Å². The van der Waals surface area contributed by atoms with Gasteiger partial charge < -0.3 is 5.73 Å². The van der Waals surface area contributed by atoms with Crippen LogP contribution in [0.4, 0.5) is 10.1 Å². The van der Waals surface area contributed by atoms with Gasteiger partial charge in [-0.2, -0.15) is 0 Å². The molecule has 5 heteroatoms. The molecule has 0 saturated carbocycles. The number of hydrogen-bond acceptors (Lipinski definition) is 3. The first-order chi connectivity index (χ1) is 7.29. The second-order valence-corrected chi connectivity index (χ2v) is 4.52. The summed E-state index contributed by atoms with van der Waals surface area (Å²) in [5.41, 5.74) is 5.62. The van der Waals surface area contributed by atoms with Crippen molar-refractivity contribution < 1.29 is 9.31 Å². The quantitative estimate of drug-likeness (QED) is 0.633. The molecule has 1 aromatic rings. The van der Waals surface area contributed by atoms with Crippen LogP contribution < -0.4 is 5.73 Å². The van der Waals surface area contributed by atoms with Gasteiger partial charge in [0.1, 0.15) is 5.82 Å². The first-order valence-electron chi connectivity index (χ1n) is 5.01. The number of nitrogens with zero attached hydrogens (tertiary/aromatic N) is 1. The van der Waals surface area contributed by atoms with E-state index in [0.29, 0.717) is 18.4 Å². The van der Waals surface area contributed by atoms with Gasteiger partial charge in [0.15, 0.2) is 0 Å². The van der Waals surface area contributed by atoms with E-state index < -0.39 is 16.3 Å². The molecule has 0 aromatic heterocycles. The number of rotatable bonds is 4. The topological polar surface area (TPSA) is 69.2 Å². The van der Waals surface area contributed by atoms with E-state index in [1.54, 1.807) is 0 Å². The highest BCUT2D eigenvalue weighted by molar-refractivity contribution is 5.35. The van der Waals surface area contributed by atoms with Gasteiger partial charge in [0.05, 0.1) is 4.92 Å². The van der Waals surface area contributed by atoms with Gasteiger partial charge in [0.2, 0.25) is 0 Å². The third-order valence-electron chi connectivity index (χ3n) is 2.28. The smallest absolute Gasteiger partial charge is 0.269 e. The van der Waals surface area contributed by atoms with Crippen molar-refractivity contribution in [1.82, 2.24) is 0 Å². The molecule has 1 rings (SSSR count). The van der Waals surface area contributed by atoms with E-state index in [0.717, 1.165) is 12.1 Å². The van der Waals surface area contributed by atoms with Gasteiger partial charge in [-0.05, 0) is 38.3 Å². The lowest BCUT2D eigenvalue weighted by Crippen LogP contribution is -2.32. The highest BCUT2D eigenvalue weighted by Gasteiger charge is 2.15. The maximum Gasteiger partial charge on any atom is 0.269 e. The standard InChI is InChI=1S/C11H15FN2O2/c1-11(2,13)6-5-8-7-9(14(15)16)3-4-10(8)12/h3-4,7H,5-6,13H2,1-2H3. The molecule has 0 bridgehead atoms. The van der Waals surface area contributed by atoms with Gasteiger partial charge in [-0.3, -0.25) is 10.1 Å². The summed E-state index contributed by atoms with van der Waals surface area (Å²) < 4.78 is 13.3. The van der Waals surface area contributed by atoms with Crippen molar-refractivity contribution in [3.05, 3.63) is 39.7 Å². The number of nitro benzene ring substituents is 1. The summed E-state index contributed by atoms with van der Waals surface area (Å²) in [6.07, 6.45) is 0.974. The SMILES string of the molecule is CC(C)(N)CCc1cc([N+](=O)[O-])ccc1F. The molecule has 0 aliphatic heterocycles. The third kappa shape index (κ3) is 3.58. The van der Waals surface area contributed by atoms with Crippen LogP contribution in [0.15, 0.2) is 18.2 Å². The molecule has 0 unspecified atom stereocenters. The van der Waals surface area contributed by atoms with Gasteiger partial charge in [-0.1, -0.05) is 0 Å². The van der Waals surface area contributed by atoms with Gasteiger partial charge >= 0.3 is 0 Å². The lowest BCUT2D eigenvalue weighted by atomic mass is 9.96. The summed E-state index contributed by atoms with van der Waals surface area (Å²) >= 11 is 0. The monoisotopic (exact) mass is 226 g/mol. The van der Waals surface area contributed by atoms with Crippen LogP contribution in [0.5, 0.6) is 0 Å². The van der Waals surface area contributed by atoms with Crippen molar-refractivity contribution in [3.8, 4) is 0 Å². The van der Waals surface area contributed by atoms with Crippen LogP contribution in [0, 0.1) is 15.9 Å². The molecular weight excluding hydrogens is 211 g/mol. The van der Waals surface area contributed by atoms with Crippen molar-refractivity contribution in [2.45, 2.75) is 32.2 Å². The van der Waals surface area contributed by atoms with Crippen molar-refractivity contribution >= 4 is 5.69 Å². The Bertz CT molecular complexity index is 399. The number of non-ortho nitro benzene ring substituents is 1. The predicted octanol–water partition coefficient (Wildman–Crippen LogP) is 2.40. The Balaban J connectivity index is 2.86. The number of nitrogens with two attached hydrogens (primary N) is 1. The van der Waals surface area contributed by atoms with Crippen LogP contribution in [0.1, 0.15) is 25.8 Å². The highest BCUT2D eigenvalue weighted by Crippen LogP contribution is 2.19. The molecule has 4 nitrogen and oxygen atoms in total. The molecule has 0 aliphatic rings. The summed E-state index contributed by atoms with van der Waals surface area (Å²) in [5, 5.41) is 10.5. The number of aryl methyl sites for hydroxylation is 1. The number of halogens is 1. The van der Waals surface area contributed by atoms with Crippen LogP contribution in [0.3, 0.4) is 0 Å². The second-order valence-electron chi connectivity index (χ2n) is 4.52. The lowest BCUT2D eigenvalue weighted by Gasteiger charge is -2.18. The summed E-state index contributed by atoms with van der Waals surface area (Å²) in [6.45, 7) is 3.67. The minimum absolute atomic E-state index is 0.0915. The van der Waals surface area contributed by atoms with E-state index in [2.05, 4.69) is 0 Å². The van der Waals surface area contributed by atoms with E-state index in [4.69, 9.17) is 5.73 Å². The van der Waals surface area contributed by atoms with E-state index >= 15 is 0 Å². The Morgan fingerprint density at radius 3 is 2.62 bits per heavy atom. The van der Waals surface area contributed by atoms with Crippen LogP contribution in [0.2, 0.25) is 0 Å². The number of hydrogen-bond donors (Lipinski definition) is 1. The van der Waals surface area contributed by atoms with Crippen LogP contribution in [0.25, 0.3) is 0 Å². The Morgan fingerprint density at radius 2 is 2.12 bits per heavy atom. The van der Waals surface area contributed by atoms with Gasteiger partial charge in [-0.15, -0.1) is 0 Å². The van der Waals surface area contributed by atoms with Crippen LogP contribution in [-0.4, -0.2) is 10.5 Å². The first-order valence-corrected chi connectivity index (χ1v) is 5.01. The molecule has 16 heavy (non-hydrogen) atoms. The molecule has 0 fully saturated rings. The fourth-order valence-corrected chi connectivity index (χ4v) is 1.32. The Labute approximate surface area is 93.4 Å². The Kier molecular flexibility index (Phi) is 3.59. The fraction of sp³-hybridized carbons (Fsp3) is 0.455. The van der Waals surface area contributed by atoms with E-state index in [1.165, 1.54) is 6.07 Å². The van der Waals surface area contributed by atoms with E-state index in [-0.39, 0.29) is 5.69 Å². The zero-order valence-corrected chi connectivity index (χ0v) is 9.37. The third-order valence-corrected chi connectivity index (χ3v) is 2.28. The highest BCUT2D eigenvalue weighted by atomic mass is 19.1. The van der Waals surface area contributed by atoms with Gasteiger partial charge in [-0.25, -0.2) is 4.39 Å². The summed E-state index contributed by atoms with van der Waals surface area (Å²) in [5.74, 6) is -0.421. The first kappa shape index (κ1) is 12.6. The molecule has 1 aromatic carbocycles. The molecule has 0 aliphatic carbocycles. The maximum absolute atomic E-state index is 13.3. The van der Waals surface area contributed by atoms with Gasteiger partial charge in [0.25, 0.3) is 5.69 Å². The number of nitro groups is 1. The van der Waals surface area contributed by atoms with Crippen LogP contribution in [-0.2, 0) is 6.42 Å². The average molecular weight is 226 g/mol.